The lowest BCUT2D eigenvalue weighted by Gasteiger charge is -2.22. The van der Waals surface area contributed by atoms with E-state index in [9.17, 15) is 44.7 Å². The van der Waals surface area contributed by atoms with Gasteiger partial charge in [0.15, 0.2) is 17.3 Å². The van der Waals surface area contributed by atoms with Gasteiger partial charge in [0.1, 0.15) is 0 Å². The number of carbonyl (C=O) groups excluding carboxylic acids is 1. The van der Waals surface area contributed by atoms with Crippen molar-refractivity contribution in [2.24, 2.45) is 0 Å². The smallest absolute Gasteiger partial charge is 0.461 e. The first kappa shape index (κ1) is 25.6. The van der Waals surface area contributed by atoms with Gasteiger partial charge in [-0.3, -0.25) is 4.79 Å². The third-order valence-electron chi connectivity index (χ3n) is 3.82. The van der Waals surface area contributed by atoms with E-state index in [0.717, 1.165) is 24.3 Å². The van der Waals surface area contributed by atoms with Gasteiger partial charge in [0.05, 0.1) is 5.56 Å². The number of hydrogen-bond donors (Lipinski definition) is 1. The molecule has 0 saturated heterocycles. The molecule has 33 heavy (non-hydrogen) atoms. The van der Waals surface area contributed by atoms with Gasteiger partial charge in [-0.1, -0.05) is 30.3 Å². The molecule has 2 rings (SSSR count). The predicted molar refractivity (Wildman–Crippen MR) is 96.4 cm³/mol. The van der Waals surface area contributed by atoms with Gasteiger partial charge in [-0.25, -0.2) is 4.79 Å². The Labute approximate surface area is 179 Å². The number of halogens is 8. The van der Waals surface area contributed by atoms with Crippen LogP contribution in [-0.2, 0) is 0 Å². The zero-order chi connectivity index (χ0) is 25.0. The maximum atomic E-state index is 13.3. The van der Waals surface area contributed by atoms with Crippen molar-refractivity contribution in [2.75, 3.05) is 0 Å². The Morgan fingerprint density at radius 2 is 1.33 bits per heavy atom. The Bertz CT molecular complexity index is 1050. The summed E-state index contributed by atoms with van der Waals surface area (Å²) >= 11 is 0. The lowest BCUT2D eigenvalue weighted by Crippen LogP contribution is -2.35. The molecule has 0 heterocycles. The molecule has 0 amide bonds. The van der Waals surface area contributed by atoms with Gasteiger partial charge in [-0.05, 0) is 29.8 Å². The Morgan fingerprint density at radius 3 is 1.85 bits per heavy atom. The van der Waals surface area contributed by atoms with Gasteiger partial charge >= 0.3 is 31.0 Å². The van der Waals surface area contributed by atoms with Crippen molar-refractivity contribution in [3.8, 4) is 11.5 Å². The molecule has 0 aliphatic heterocycles. The van der Waals surface area contributed by atoms with Crippen molar-refractivity contribution in [2.45, 2.75) is 25.1 Å². The fourth-order valence-electron chi connectivity index (χ4n) is 2.32. The number of alkyl halides is 8. The summed E-state index contributed by atoms with van der Waals surface area (Å²) in [5, 5.41) is 9.10. The Hall–Kier alpha value is -3.64. The summed E-state index contributed by atoms with van der Waals surface area (Å²) in [7, 11) is 0. The molecule has 0 aromatic heterocycles. The molecule has 0 fully saturated rings. The van der Waals surface area contributed by atoms with Crippen LogP contribution in [0, 0.1) is 0 Å². The third-order valence-corrected chi connectivity index (χ3v) is 3.82. The van der Waals surface area contributed by atoms with Crippen LogP contribution in [0.5, 0.6) is 11.5 Å². The Balaban J connectivity index is 2.41. The maximum Gasteiger partial charge on any atom is 0.461 e. The normalized spacial score (nSPS) is 12.4. The van der Waals surface area contributed by atoms with Crippen molar-refractivity contribution in [3.63, 3.8) is 0 Å². The molecule has 0 bridgehead atoms. The van der Waals surface area contributed by atoms with E-state index in [4.69, 9.17) is 5.11 Å². The van der Waals surface area contributed by atoms with Gasteiger partial charge in [0, 0.05) is 5.56 Å². The topological polar surface area (TPSA) is 72.8 Å². The molecule has 0 aliphatic rings. The maximum absolute atomic E-state index is 13.3. The predicted octanol–water partition coefficient (Wildman–Crippen LogP) is 5.75. The number of carbonyl (C=O) groups is 2. The van der Waals surface area contributed by atoms with Crippen LogP contribution >= 0.6 is 0 Å². The van der Waals surface area contributed by atoms with Crippen LogP contribution in [0.4, 0.5) is 35.1 Å². The molecule has 13 heteroatoms. The van der Waals surface area contributed by atoms with Gasteiger partial charge < -0.3 is 14.6 Å². The van der Waals surface area contributed by atoms with E-state index in [-0.39, 0.29) is 16.7 Å². The monoisotopic (exact) mass is 484 g/mol. The Kier molecular flexibility index (Phi) is 7.67. The van der Waals surface area contributed by atoms with E-state index >= 15 is 0 Å². The molecule has 0 aliphatic carbocycles. The molecule has 0 atom stereocenters. The van der Waals surface area contributed by atoms with Crippen molar-refractivity contribution >= 4 is 17.8 Å². The number of aromatic carboxylic acids is 1. The van der Waals surface area contributed by atoms with Crippen LogP contribution < -0.4 is 9.47 Å². The summed E-state index contributed by atoms with van der Waals surface area (Å²) < 4.78 is 110. The third kappa shape index (κ3) is 6.43. The highest BCUT2D eigenvalue weighted by molar-refractivity contribution is 6.12. The van der Waals surface area contributed by atoms with E-state index in [1.807, 2.05) is 0 Å². The molecule has 5 nitrogen and oxygen atoms in total. The first-order valence-corrected chi connectivity index (χ1v) is 8.63. The summed E-state index contributed by atoms with van der Waals surface area (Å²) in [6, 6.07) is 6.79. The summed E-state index contributed by atoms with van der Waals surface area (Å²) in [6.07, 6.45) is -17.5. The van der Waals surface area contributed by atoms with Crippen molar-refractivity contribution < 1.29 is 59.3 Å². The fraction of sp³-hybridized carbons (Fsp3) is 0.200. The van der Waals surface area contributed by atoms with E-state index in [0.29, 0.717) is 12.1 Å². The number of carboxylic acid groups (broad SMARTS) is 1. The molecule has 2 aromatic rings. The summed E-state index contributed by atoms with van der Waals surface area (Å²) in [4.78, 5) is 23.4. The number of rotatable bonds is 10. The highest BCUT2D eigenvalue weighted by atomic mass is 19.3. The highest BCUT2D eigenvalue weighted by Crippen LogP contribution is 2.39. The van der Waals surface area contributed by atoms with Crippen LogP contribution in [0.1, 0.15) is 26.3 Å². The average molecular weight is 484 g/mol. The standard InChI is InChI=1S/C20H12F8O5/c21-17(22)19(25,26)32-14-8-6-10(9-15(14)33-20(27,28)18(23)24)5-7-13(29)11-3-1-2-4-12(11)16(30)31/h1-9,17-18H,(H,30,31)/b7-5+. The molecule has 1 N–H and O–H groups in total. The number of ketones is 1. The van der Waals surface area contributed by atoms with Gasteiger partial charge in [-0.2, -0.15) is 35.1 Å². The van der Waals surface area contributed by atoms with Crippen LogP contribution in [0.2, 0.25) is 0 Å². The second-order valence-electron chi connectivity index (χ2n) is 6.18. The van der Waals surface area contributed by atoms with Crippen LogP contribution in [-0.4, -0.2) is 41.9 Å². The summed E-state index contributed by atoms with van der Waals surface area (Å²) in [5.41, 5.74) is -0.867. The van der Waals surface area contributed by atoms with E-state index in [1.54, 1.807) is 0 Å². The van der Waals surface area contributed by atoms with Crippen molar-refractivity contribution in [1.29, 1.82) is 0 Å². The number of carboxylic acids is 1. The number of hydrogen-bond acceptors (Lipinski definition) is 4. The molecular weight excluding hydrogens is 472 g/mol. The van der Waals surface area contributed by atoms with E-state index in [2.05, 4.69) is 9.47 Å². The first-order valence-electron chi connectivity index (χ1n) is 8.63. The first-order chi connectivity index (χ1) is 15.2. The fourth-order valence-corrected chi connectivity index (χ4v) is 2.32. The highest BCUT2D eigenvalue weighted by Gasteiger charge is 2.47. The van der Waals surface area contributed by atoms with Crippen LogP contribution in [0.25, 0.3) is 6.08 Å². The largest absolute Gasteiger partial charge is 0.478 e. The lowest BCUT2D eigenvalue weighted by molar-refractivity contribution is -0.264. The van der Waals surface area contributed by atoms with Gasteiger partial charge in [-0.15, -0.1) is 0 Å². The van der Waals surface area contributed by atoms with Crippen LogP contribution in [0.3, 0.4) is 0 Å². The zero-order valence-corrected chi connectivity index (χ0v) is 16.0. The van der Waals surface area contributed by atoms with Crippen molar-refractivity contribution in [1.82, 2.24) is 0 Å². The molecule has 2 aromatic carbocycles. The van der Waals surface area contributed by atoms with Gasteiger partial charge in [0.2, 0.25) is 0 Å². The number of ether oxygens (including phenoxy) is 2. The second-order valence-corrected chi connectivity index (χ2v) is 6.18. The second kappa shape index (κ2) is 9.88. The Morgan fingerprint density at radius 1 is 0.818 bits per heavy atom. The van der Waals surface area contributed by atoms with E-state index < -0.39 is 48.3 Å². The molecule has 178 valence electrons. The quantitative estimate of drug-likeness (QED) is 0.264. The minimum atomic E-state index is -5.20. The molecule has 0 radical (unpaired) electrons. The minimum absolute atomic E-state index is 0.251. The SMILES string of the molecule is O=C(O)c1ccccc1C(=O)/C=C/c1ccc(OC(F)(F)C(F)F)c(OC(F)(F)C(F)F)c1. The number of allylic oxidation sites excluding steroid dienone is 1. The zero-order valence-electron chi connectivity index (χ0n) is 16.0. The average Bonchev–Trinajstić information content (AvgIpc) is 2.73. The minimum Gasteiger partial charge on any atom is -0.478 e. The van der Waals surface area contributed by atoms with Gasteiger partial charge in [0.25, 0.3) is 0 Å². The molecule has 0 unspecified atom stereocenters. The van der Waals surface area contributed by atoms with Crippen molar-refractivity contribution in [3.05, 3.63) is 65.2 Å². The summed E-state index contributed by atoms with van der Waals surface area (Å²) in [6.45, 7) is 0. The molecule has 0 saturated carbocycles. The van der Waals surface area contributed by atoms with E-state index in [1.165, 1.54) is 18.2 Å². The number of benzene rings is 2. The molecular formula is C20H12F8O5. The van der Waals surface area contributed by atoms with Crippen LogP contribution in [0.15, 0.2) is 48.5 Å². The summed E-state index contributed by atoms with van der Waals surface area (Å²) in [5.74, 6) is -5.13. The molecule has 0 spiro atoms. The lowest BCUT2D eigenvalue weighted by atomic mass is 10.0.